The number of carboxylic acids is 1. The Morgan fingerprint density at radius 3 is 2.95 bits per heavy atom. The van der Waals surface area contributed by atoms with Crippen molar-refractivity contribution in [2.75, 3.05) is 13.2 Å². The van der Waals surface area contributed by atoms with E-state index >= 15 is 0 Å². The van der Waals surface area contributed by atoms with Crippen LogP contribution in [0.2, 0.25) is 0 Å². The van der Waals surface area contributed by atoms with Gasteiger partial charge < -0.3 is 20.1 Å². The maximum atomic E-state index is 12.3. The Hall–Kier alpha value is -2.34. The number of aromatic nitrogens is 1. The minimum Gasteiger partial charge on any atom is -0.479 e. The van der Waals surface area contributed by atoms with Crippen molar-refractivity contribution in [3.63, 3.8) is 0 Å². The summed E-state index contributed by atoms with van der Waals surface area (Å²) in [5.41, 5.74) is 1.63. The third-order valence-corrected chi connectivity index (χ3v) is 4.16. The van der Waals surface area contributed by atoms with Crippen LogP contribution in [0, 0.1) is 6.92 Å². The number of hydrogen-bond donors (Lipinski definition) is 3. The summed E-state index contributed by atoms with van der Waals surface area (Å²) in [5.74, 6) is -1.36. The quantitative estimate of drug-likeness (QED) is 0.795. The van der Waals surface area contributed by atoms with Gasteiger partial charge in [-0.25, -0.2) is 4.79 Å². The summed E-state index contributed by atoms with van der Waals surface area (Å²) >= 11 is 0. The number of amides is 1. The molecule has 1 saturated heterocycles. The van der Waals surface area contributed by atoms with Crippen molar-refractivity contribution in [2.45, 2.75) is 25.3 Å². The molecule has 0 aliphatic carbocycles. The predicted octanol–water partition coefficient (Wildman–Crippen LogP) is 1.38. The van der Waals surface area contributed by atoms with Gasteiger partial charge in [-0.05, 0) is 24.1 Å². The molecule has 0 spiro atoms. The van der Waals surface area contributed by atoms with Crippen LogP contribution in [-0.4, -0.2) is 40.7 Å². The summed E-state index contributed by atoms with van der Waals surface area (Å²) in [6.45, 7) is 2.35. The Kier molecular flexibility index (Phi) is 3.62. The van der Waals surface area contributed by atoms with Gasteiger partial charge in [0, 0.05) is 30.1 Å². The van der Waals surface area contributed by atoms with Crippen LogP contribution >= 0.6 is 0 Å². The Bertz CT molecular complexity index is 729. The maximum absolute atomic E-state index is 12.3. The van der Waals surface area contributed by atoms with Crippen LogP contribution in [0.15, 0.2) is 24.4 Å². The van der Waals surface area contributed by atoms with E-state index in [0.29, 0.717) is 13.0 Å². The summed E-state index contributed by atoms with van der Waals surface area (Å²) in [4.78, 5) is 26.9. The fourth-order valence-corrected chi connectivity index (χ4v) is 2.96. The van der Waals surface area contributed by atoms with Gasteiger partial charge in [-0.2, -0.15) is 0 Å². The molecule has 6 heteroatoms. The number of ether oxygens (including phenoxy) is 1. The molecule has 2 aromatic rings. The number of aromatic amines is 1. The zero-order valence-corrected chi connectivity index (χ0v) is 12.3. The van der Waals surface area contributed by atoms with Gasteiger partial charge in [-0.15, -0.1) is 0 Å². The molecule has 2 heterocycles. The van der Waals surface area contributed by atoms with Crippen LogP contribution in [0.3, 0.4) is 0 Å². The first kappa shape index (κ1) is 14.6. The van der Waals surface area contributed by atoms with E-state index in [-0.39, 0.29) is 18.9 Å². The molecular formula is C16H18N2O4. The number of nitrogens with one attached hydrogen (secondary N) is 2. The fraction of sp³-hybridized carbons (Fsp3) is 0.375. The van der Waals surface area contributed by atoms with Crippen molar-refractivity contribution < 1.29 is 19.4 Å². The number of H-pyrrole nitrogens is 1. The first-order valence-electron chi connectivity index (χ1n) is 7.19. The lowest BCUT2D eigenvalue weighted by atomic mass is 9.98. The van der Waals surface area contributed by atoms with Gasteiger partial charge in [0.1, 0.15) is 0 Å². The number of rotatable bonds is 4. The molecule has 1 aromatic heterocycles. The molecule has 22 heavy (non-hydrogen) atoms. The lowest BCUT2D eigenvalue weighted by Crippen LogP contribution is -2.55. The van der Waals surface area contributed by atoms with Crippen molar-refractivity contribution in [1.29, 1.82) is 0 Å². The molecule has 1 atom stereocenters. The molecule has 1 aliphatic heterocycles. The van der Waals surface area contributed by atoms with Crippen LogP contribution in [0.1, 0.15) is 17.5 Å². The van der Waals surface area contributed by atoms with Crippen molar-refractivity contribution in [3.05, 3.63) is 35.5 Å². The molecule has 0 radical (unpaired) electrons. The Morgan fingerprint density at radius 1 is 1.45 bits per heavy atom. The number of aryl methyl sites for hydroxylation is 1. The number of aliphatic carboxylic acids is 1. The summed E-state index contributed by atoms with van der Waals surface area (Å²) in [6.07, 6.45) is 2.23. The van der Waals surface area contributed by atoms with E-state index in [0.717, 1.165) is 22.0 Å². The average Bonchev–Trinajstić information content (AvgIpc) is 3.08. The summed E-state index contributed by atoms with van der Waals surface area (Å²) < 4.78 is 5.15. The molecule has 1 aromatic carbocycles. The van der Waals surface area contributed by atoms with E-state index in [9.17, 15) is 14.7 Å². The van der Waals surface area contributed by atoms with E-state index in [1.807, 2.05) is 25.1 Å². The van der Waals surface area contributed by atoms with Crippen molar-refractivity contribution in [3.8, 4) is 0 Å². The minimum atomic E-state index is -1.29. The lowest BCUT2D eigenvalue weighted by Gasteiger charge is -2.23. The van der Waals surface area contributed by atoms with E-state index in [2.05, 4.69) is 10.3 Å². The monoisotopic (exact) mass is 302 g/mol. The van der Waals surface area contributed by atoms with Gasteiger partial charge in [0.25, 0.3) is 0 Å². The molecule has 3 N–H and O–H groups in total. The standard InChI is InChI=1S/C16H18N2O4/c1-10-3-2-4-12-14(10)11(8-17-12)7-13(19)18-16(15(20)21)5-6-22-9-16/h2-4,8,17H,5-7,9H2,1H3,(H,18,19)(H,20,21). The molecule has 0 saturated carbocycles. The lowest BCUT2D eigenvalue weighted by molar-refractivity contribution is -0.147. The molecule has 0 bridgehead atoms. The molecule has 116 valence electrons. The van der Waals surface area contributed by atoms with Crippen LogP contribution in [0.25, 0.3) is 10.9 Å². The predicted molar refractivity (Wildman–Crippen MR) is 80.7 cm³/mol. The Balaban J connectivity index is 1.80. The summed E-state index contributed by atoms with van der Waals surface area (Å²) in [7, 11) is 0. The number of carbonyl (C=O) groups is 2. The molecule has 6 nitrogen and oxygen atoms in total. The zero-order chi connectivity index (χ0) is 15.7. The first-order valence-corrected chi connectivity index (χ1v) is 7.19. The maximum Gasteiger partial charge on any atom is 0.331 e. The van der Waals surface area contributed by atoms with Crippen molar-refractivity contribution in [1.82, 2.24) is 10.3 Å². The number of carbonyl (C=O) groups excluding carboxylic acids is 1. The second-order valence-corrected chi connectivity index (χ2v) is 5.73. The highest BCUT2D eigenvalue weighted by molar-refractivity contribution is 5.93. The van der Waals surface area contributed by atoms with E-state index < -0.39 is 11.5 Å². The first-order chi connectivity index (χ1) is 10.5. The molecule has 1 aliphatic rings. The van der Waals surface area contributed by atoms with Gasteiger partial charge in [-0.3, -0.25) is 4.79 Å². The minimum absolute atomic E-state index is 0.0149. The van der Waals surface area contributed by atoms with Gasteiger partial charge in [0.05, 0.1) is 13.0 Å². The fourth-order valence-electron chi connectivity index (χ4n) is 2.96. The number of hydrogen-bond acceptors (Lipinski definition) is 3. The van der Waals surface area contributed by atoms with Crippen LogP contribution in [-0.2, 0) is 20.7 Å². The third kappa shape index (κ3) is 2.46. The van der Waals surface area contributed by atoms with E-state index in [1.165, 1.54) is 0 Å². The molecule has 3 rings (SSSR count). The highest BCUT2D eigenvalue weighted by Gasteiger charge is 2.43. The van der Waals surface area contributed by atoms with Crippen molar-refractivity contribution in [2.24, 2.45) is 0 Å². The Labute approximate surface area is 127 Å². The molecular weight excluding hydrogens is 284 g/mol. The average molecular weight is 302 g/mol. The van der Waals surface area contributed by atoms with Gasteiger partial charge >= 0.3 is 5.97 Å². The summed E-state index contributed by atoms with van der Waals surface area (Å²) in [6, 6.07) is 5.89. The highest BCUT2D eigenvalue weighted by atomic mass is 16.5. The molecule has 1 fully saturated rings. The topological polar surface area (TPSA) is 91.4 Å². The highest BCUT2D eigenvalue weighted by Crippen LogP contribution is 2.23. The van der Waals surface area contributed by atoms with Gasteiger partial charge in [0.2, 0.25) is 5.91 Å². The SMILES string of the molecule is Cc1cccc2[nH]cc(CC(=O)NC3(C(=O)O)CCOC3)c12. The smallest absolute Gasteiger partial charge is 0.331 e. The van der Waals surface area contributed by atoms with Crippen molar-refractivity contribution >= 4 is 22.8 Å². The zero-order valence-electron chi connectivity index (χ0n) is 12.3. The van der Waals surface area contributed by atoms with E-state index in [1.54, 1.807) is 6.20 Å². The second kappa shape index (κ2) is 5.46. The van der Waals surface area contributed by atoms with Crippen LogP contribution in [0.5, 0.6) is 0 Å². The van der Waals surface area contributed by atoms with Gasteiger partial charge in [0.15, 0.2) is 5.54 Å². The number of fused-ring (bicyclic) bond motifs is 1. The van der Waals surface area contributed by atoms with E-state index in [4.69, 9.17) is 4.74 Å². The molecule has 1 unspecified atom stereocenters. The second-order valence-electron chi connectivity index (χ2n) is 5.73. The number of benzene rings is 1. The third-order valence-electron chi connectivity index (χ3n) is 4.16. The van der Waals surface area contributed by atoms with Crippen LogP contribution in [0.4, 0.5) is 0 Å². The molecule has 1 amide bonds. The Morgan fingerprint density at radius 2 is 2.27 bits per heavy atom. The van der Waals surface area contributed by atoms with Gasteiger partial charge in [-0.1, -0.05) is 12.1 Å². The largest absolute Gasteiger partial charge is 0.479 e. The number of carboxylic acid groups (broad SMARTS) is 1. The summed E-state index contributed by atoms with van der Waals surface area (Å²) in [5, 5.41) is 13.0. The van der Waals surface area contributed by atoms with Crippen LogP contribution < -0.4 is 5.32 Å². The normalized spacial score (nSPS) is 21.1.